The third-order valence-corrected chi connectivity index (χ3v) is 2.03. The number of esters is 1. The van der Waals surface area contributed by atoms with Crippen molar-refractivity contribution in [3.63, 3.8) is 0 Å². The Morgan fingerprint density at radius 1 is 1.24 bits per heavy atom. The predicted octanol–water partition coefficient (Wildman–Crippen LogP) is 1.52. The summed E-state index contributed by atoms with van der Waals surface area (Å²) in [5, 5.41) is 0. The highest BCUT2D eigenvalue weighted by Gasteiger charge is 2.43. The molecule has 0 aliphatic carbocycles. The molecule has 0 aliphatic heterocycles. The first-order valence-corrected chi connectivity index (χ1v) is 4.93. The van der Waals surface area contributed by atoms with E-state index in [0.29, 0.717) is 13.1 Å². The van der Waals surface area contributed by atoms with Crippen molar-refractivity contribution in [2.45, 2.75) is 20.0 Å². The van der Waals surface area contributed by atoms with Crippen LogP contribution in [0.25, 0.3) is 0 Å². The van der Waals surface area contributed by atoms with Crippen molar-refractivity contribution in [1.29, 1.82) is 0 Å². The molecule has 0 aromatic carbocycles. The van der Waals surface area contributed by atoms with Crippen LogP contribution >= 0.6 is 0 Å². The fourth-order valence-corrected chi connectivity index (χ4v) is 1.06. The Bertz CT molecular complexity index is 319. The number of carbonyl (C=O) groups excluding carboxylic acids is 2. The van der Waals surface area contributed by atoms with Gasteiger partial charge in [0.1, 0.15) is 5.57 Å². The van der Waals surface area contributed by atoms with E-state index in [1.165, 1.54) is 4.90 Å². The highest BCUT2D eigenvalue weighted by atomic mass is 19.4. The average molecular weight is 253 g/mol. The van der Waals surface area contributed by atoms with E-state index < -0.39 is 23.5 Å². The number of nitrogens with zero attached hydrogens (tertiary/aromatic N) is 1. The molecule has 4 nitrogen and oxygen atoms in total. The molecular formula is C10H14F3NO3. The van der Waals surface area contributed by atoms with Crippen LogP contribution in [0.15, 0.2) is 11.8 Å². The molecule has 17 heavy (non-hydrogen) atoms. The van der Waals surface area contributed by atoms with E-state index in [1.54, 1.807) is 13.8 Å². The molecule has 7 heteroatoms. The van der Waals surface area contributed by atoms with Crippen LogP contribution in [-0.2, 0) is 14.3 Å². The quantitative estimate of drug-likeness (QED) is 0.322. The summed E-state index contributed by atoms with van der Waals surface area (Å²) in [7, 11) is 0.919. The van der Waals surface area contributed by atoms with Crippen molar-refractivity contribution >= 4 is 11.8 Å². The van der Waals surface area contributed by atoms with Crippen LogP contribution in [0.4, 0.5) is 13.2 Å². The van der Waals surface area contributed by atoms with E-state index in [4.69, 9.17) is 0 Å². The van der Waals surface area contributed by atoms with Gasteiger partial charge in [-0.2, -0.15) is 13.2 Å². The molecule has 0 fully saturated rings. The van der Waals surface area contributed by atoms with Gasteiger partial charge >= 0.3 is 12.1 Å². The van der Waals surface area contributed by atoms with E-state index in [-0.39, 0.29) is 0 Å². The molecule has 0 atom stereocenters. The predicted molar refractivity (Wildman–Crippen MR) is 54.1 cm³/mol. The summed E-state index contributed by atoms with van der Waals surface area (Å²) in [6, 6.07) is 0. The molecule has 0 aromatic rings. The first-order chi connectivity index (χ1) is 7.77. The van der Waals surface area contributed by atoms with Gasteiger partial charge in [-0.1, -0.05) is 0 Å². The van der Waals surface area contributed by atoms with E-state index in [2.05, 4.69) is 4.74 Å². The molecule has 0 radical (unpaired) electrons. The third kappa shape index (κ3) is 4.46. The smallest absolute Gasteiger partial charge is 0.455 e. The molecule has 0 amide bonds. The number of alkyl halides is 3. The van der Waals surface area contributed by atoms with Gasteiger partial charge in [0.15, 0.2) is 0 Å². The molecule has 0 rings (SSSR count). The average Bonchev–Trinajstić information content (AvgIpc) is 2.28. The van der Waals surface area contributed by atoms with E-state index in [9.17, 15) is 22.8 Å². The van der Waals surface area contributed by atoms with Crippen molar-refractivity contribution in [3.05, 3.63) is 11.8 Å². The largest absolute Gasteiger partial charge is 0.465 e. The zero-order valence-electron chi connectivity index (χ0n) is 9.80. The summed E-state index contributed by atoms with van der Waals surface area (Å²) >= 11 is 0. The molecule has 98 valence electrons. The van der Waals surface area contributed by atoms with Gasteiger partial charge in [-0.25, -0.2) is 4.79 Å². The number of hydrogen-bond donors (Lipinski definition) is 0. The minimum absolute atomic E-state index is 0.377. The lowest BCUT2D eigenvalue weighted by Gasteiger charge is -2.17. The molecule has 0 N–H and O–H groups in total. The maximum absolute atomic E-state index is 12.2. The highest BCUT2D eigenvalue weighted by molar-refractivity contribution is 6.19. The lowest BCUT2D eigenvalue weighted by Crippen LogP contribution is -2.31. The van der Waals surface area contributed by atoms with Gasteiger partial charge in [-0.3, -0.25) is 4.79 Å². The Labute approximate surface area is 97.0 Å². The van der Waals surface area contributed by atoms with Crippen LogP contribution in [0.1, 0.15) is 13.8 Å². The lowest BCUT2D eigenvalue weighted by molar-refractivity contribution is -0.168. The first-order valence-electron chi connectivity index (χ1n) is 4.93. The molecule has 0 saturated heterocycles. The second-order valence-electron chi connectivity index (χ2n) is 3.08. The molecule has 0 spiro atoms. The van der Waals surface area contributed by atoms with Crippen LogP contribution < -0.4 is 0 Å². The lowest BCUT2D eigenvalue weighted by atomic mass is 10.1. The maximum atomic E-state index is 12.2. The molecule has 0 bridgehead atoms. The normalized spacial score (nSPS) is 12.2. The van der Waals surface area contributed by atoms with E-state index in [1.807, 2.05) is 0 Å². The molecule has 0 unspecified atom stereocenters. The van der Waals surface area contributed by atoms with Crippen molar-refractivity contribution < 1.29 is 27.5 Å². The van der Waals surface area contributed by atoms with Crippen molar-refractivity contribution in [2.24, 2.45) is 0 Å². The zero-order valence-corrected chi connectivity index (χ0v) is 9.80. The van der Waals surface area contributed by atoms with Gasteiger partial charge in [0.25, 0.3) is 5.78 Å². The van der Waals surface area contributed by atoms with E-state index in [0.717, 1.165) is 13.3 Å². The number of ether oxygens (including phenoxy) is 1. The van der Waals surface area contributed by atoms with Gasteiger partial charge in [0.2, 0.25) is 0 Å². The SMILES string of the molecule is CCN(/C=C(\C(=O)OC)C(=O)C(F)(F)F)CC. The number of Topliss-reactive ketones (excluding diaryl/α,β-unsaturated/α-hetero) is 1. The Kier molecular flexibility index (Phi) is 5.70. The second-order valence-corrected chi connectivity index (χ2v) is 3.08. The zero-order chi connectivity index (χ0) is 13.6. The number of ketones is 1. The van der Waals surface area contributed by atoms with Crippen LogP contribution in [0.5, 0.6) is 0 Å². The maximum Gasteiger partial charge on any atom is 0.455 e. The number of halogens is 3. The Morgan fingerprint density at radius 3 is 2.00 bits per heavy atom. The Balaban J connectivity index is 5.29. The van der Waals surface area contributed by atoms with Crippen LogP contribution in [0.3, 0.4) is 0 Å². The number of rotatable bonds is 5. The summed E-state index contributed by atoms with van der Waals surface area (Å²) in [6.45, 7) is 4.13. The molecular weight excluding hydrogens is 239 g/mol. The molecule has 0 saturated carbocycles. The monoisotopic (exact) mass is 253 g/mol. The number of hydrogen-bond acceptors (Lipinski definition) is 4. The Hall–Kier alpha value is -1.53. The topological polar surface area (TPSA) is 46.6 Å². The standard InChI is InChI=1S/C10H14F3NO3/c1-4-14(5-2)6-7(9(16)17-3)8(15)10(11,12)13/h6H,4-5H2,1-3H3/b7-6-. The molecule has 0 aliphatic rings. The van der Waals surface area contributed by atoms with Crippen molar-refractivity contribution in [3.8, 4) is 0 Å². The fraction of sp³-hybridized carbons (Fsp3) is 0.600. The number of carbonyl (C=O) groups is 2. The minimum atomic E-state index is -5.09. The summed E-state index contributed by atoms with van der Waals surface area (Å²) in [5.41, 5.74) is -1.01. The number of methoxy groups -OCH3 is 1. The van der Waals surface area contributed by atoms with Gasteiger partial charge in [-0.15, -0.1) is 0 Å². The second kappa shape index (κ2) is 6.27. The minimum Gasteiger partial charge on any atom is -0.465 e. The highest BCUT2D eigenvalue weighted by Crippen LogP contribution is 2.21. The summed E-state index contributed by atoms with van der Waals surface area (Å²) in [5.74, 6) is -3.49. The summed E-state index contributed by atoms with van der Waals surface area (Å²) in [6.07, 6.45) is -4.21. The van der Waals surface area contributed by atoms with Crippen LogP contribution in [0, 0.1) is 0 Å². The van der Waals surface area contributed by atoms with Gasteiger partial charge in [-0.05, 0) is 13.8 Å². The first kappa shape index (κ1) is 15.5. The van der Waals surface area contributed by atoms with E-state index >= 15 is 0 Å². The molecule has 0 heterocycles. The summed E-state index contributed by atoms with van der Waals surface area (Å²) in [4.78, 5) is 23.5. The third-order valence-electron chi connectivity index (χ3n) is 2.03. The van der Waals surface area contributed by atoms with Crippen molar-refractivity contribution in [1.82, 2.24) is 4.90 Å². The van der Waals surface area contributed by atoms with Crippen LogP contribution in [-0.4, -0.2) is 43.0 Å². The van der Waals surface area contributed by atoms with Gasteiger partial charge < -0.3 is 9.64 Å². The fourth-order valence-electron chi connectivity index (χ4n) is 1.06. The van der Waals surface area contributed by atoms with Crippen LogP contribution in [0.2, 0.25) is 0 Å². The van der Waals surface area contributed by atoms with Gasteiger partial charge in [0.05, 0.1) is 7.11 Å². The summed E-state index contributed by atoms with van der Waals surface area (Å²) < 4.78 is 40.9. The van der Waals surface area contributed by atoms with Gasteiger partial charge in [0, 0.05) is 19.3 Å². The van der Waals surface area contributed by atoms with Crippen molar-refractivity contribution in [2.75, 3.05) is 20.2 Å². The molecule has 0 aromatic heterocycles. The Morgan fingerprint density at radius 2 is 1.71 bits per heavy atom.